The summed E-state index contributed by atoms with van der Waals surface area (Å²) in [4.78, 5) is 18.6. The summed E-state index contributed by atoms with van der Waals surface area (Å²) in [6, 6.07) is 5.41. The second kappa shape index (κ2) is 4.92. The van der Waals surface area contributed by atoms with Crippen LogP contribution in [0.5, 0.6) is 0 Å². The highest BCUT2D eigenvalue weighted by Crippen LogP contribution is 2.28. The van der Waals surface area contributed by atoms with Crippen LogP contribution in [0.3, 0.4) is 0 Å². The van der Waals surface area contributed by atoms with E-state index in [0.717, 1.165) is 4.47 Å². The second-order valence-corrected chi connectivity index (χ2v) is 5.55. The van der Waals surface area contributed by atoms with E-state index in [4.69, 9.17) is 11.6 Å². The Bertz CT molecular complexity index is 640. The third-order valence-electron chi connectivity index (χ3n) is 2.21. The molecule has 3 nitrogen and oxygen atoms in total. The fourth-order valence-electron chi connectivity index (χ4n) is 1.38. The first-order valence-electron chi connectivity index (χ1n) is 4.71. The number of hydrogen-bond acceptors (Lipinski definition) is 2. The number of benzene rings is 1. The molecule has 0 spiro atoms. The van der Waals surface area contributed by atoms with Crippen molar-refractivity contribution in [3.63, 3.8) is 0 Å². The molecule has 0 atom stereocenters. The Kier molecular flexibility index (Phi) is 3.70. The van der Waals surface area contributed by atoms with E-state index in [1.54, 1.807) is 19.1 Å². The fraction of sp³-hybridized carbons (Fsp3) is 0.0909. The molecule has 0 fully saturated rings. The largest absolute Gasteiger partial charge is 0.305 e. The van der Waals surface area contributed by atoms with Gasteiger partial charge in [0.25, 0.3) is 5.56 Å². The van der Waals surface area contributed by atoms with E-state index in [-0.39, 0.29) is 5.56 Å². The number of H-pyrrole nitrogens is 1. The van der Waals surface area contributed by atoms with Crippen molar-refractivity contribution in [2.75, 3.05) is 0 Å². The first-order valence-corrected chi connectivity index (χ1v) is 6.67. The Morgan fingerprint density at radius 1 is 1.35 bits per heavy atom. The van der Waals surface area contributed by atoms with Gasteiger partial charge in [-0.15, -0.1) is 0 Å². The van der Waals surface area contributed by atoms with Gasteiger partial charge in [0.2, 0.25) is 0 Å². The predicted molar refractivity (Wildman–Crippen MR) is 75.4 cm³/mol. The van der Waals surface area contributed by atoms with Crippen molar-refractivity contribution < 1.29 is 0 Å². The Labute approximate surface area is 119 Å². The van der Waals surface area contributed by atoms with Crippen LogP contribution in [0.1, 0.15) is 5.69 Å². The number of rotatable bonds is 1. The van der Waals surface area contributed by atoms with E-state index in [1.807, 2.05) is 6.07 Å². The molecule has 0 amide bonds. The summed E-state index contributed by atoms with van der Waals surface area (Å²) in [6.45, 7) is 1.76. The minimum absolute atomic E-state index is 0.216. The molecule has 0 aliphatic heterocycles. The minimum atomic E-state index is -0.216. The molecule has 1 aromatic heterocycles. The van der Waals surface area contributed by atoms with Crippen LogP contribution < -0.4 is 5.56 Å². The van der Waals surface area contributed by atoms with Crippen molar-refractivity contribution in [1.82, 2.24) is 9.97 Å². The van der Waals surface area contributed by atoms with Gasteiger partial charge >= 0.3 is 0 Å². The van der Waals surface area contributed by atoms with Crippen LogP contribution in [0.25, 0.3) is 11.4 Å². The van der Waals surface area contributed by atoms with Crippen LogP contribution in [0.15, 0.2) is 31.9 Å². The normalized spacial score (nSPS) is 10.6. The van der Waals surface area contributed by atoms with Crippen LogP contribution in [-0.4, -0.2) is 9.97 Å². The second-order valence-electron chi connectivity index (χ2n) is 3.44. The molecule has 0 aliphatic rings. The lowest BCUT2D eigenvalue weighted by Gasteiger charge is -2.05. The van der Waals surface area contributed by atoms with E-state index in [0.29, 0.717) is 26.6 Å². The quantitative estimate of drug-likeness (QED) is 0.817. The van der Waals surface area contributed by atoms with Crippen molar-refractivity contribution in [2.24, 2.45) is 0 Å². The van der Waals surface area contributed by atoms with Gasteiger partial charge in [-0.1, -0.05) is 27.5 Å². The average molecular weight is 378 g/mol. The number of nitrogens with zero attached hydrogens (tertiary/aromatic N) is 1. The number of nitrogens with one attached hydrogen (secondary N) is 1. The van der Waals surface area contributed by atoms with Crippen molar-refractivity contribution in [3.8, 4) is 11.4 Å². The third-order valence-corrected chi connectivity index (χ3v) is 3.95. The zero-order valence-corrected chi connectivity index (χ0v) is 12.6. The smallest absolute Gasteiger partial charge is 0.265 e. The molecule has 1 N–H and O–H groups in total. The van der Waals surface area contributed by atoms with Crippen LogP contribution in [-0.2, 0) is 0 Å². The summed E-state index contributed by atoms with van der Waals surface area (Å²) in [5.74, 6) is 0.466. The summed E-state index contributed by atoms with van der Waals surface area (Å²) in [7, 11) is 0. The highest BCUT2D eigenvalue weighted by molar-refractivity contribution is 9.10. The maximum atomic E-state index is 11.6. The number of aromatic nitrogens is 2. The Balaban J connectivity index is 2.65. The molecule has 6 heteroatoms. The highest BCUT2D eigenvalue weighted by Gasteiger charge is 2.10. The highest BCUT2D eigenvalue weighted by atomic mass is 79.9. The first-order chi connectivity index (χ1) is 7.99. The molecular weight excluding hydrogens is 371 g/mol. The lowest BCUT2D eigenvalue weighted by atomic mass is 10.2. The standard InChI is InChI=1S/C11H7Br2ClN2O/c1-5-9(13)11(17)16-10(15-5)7-3-2-6(12)4-8(7)14/h2-4H,1H3,(H,15,16,17). The topological polar surface area (TPSA) is 45.8 Å². The molecule has 1 aromatic carbocycles. The molecule has 0 unspecified atom stereocenters. The van der Waals surface area contributed by atoms with E-state index >= 15 is 0 Å². The number of aromatic amines is 1. The molecule has 0 saturated carbocycles. The average Bonchev–Trinajstić information content (AvgIpc) is 2.25. The zero-order valence-electron chi connectivity index (χ0n) is 8.72. The van der Waals surface area contributed by atoms with Crippen LogP contribution in [0, 0.1) is 6.92 Å². The van der Waals surface area contributed by atoms with Gasteiger partial charge in [0.15, 0.2) is 0 Å². The maximum absolute atomic E-state index is 11.6. The van der Waals surface area contributed by atoms with Gasteiger partial charge in [-0.05, 0) is 41.1 Å². The van der Waals surface area contributed by atoms with Crippen molar-refractivity contribution in [2.45, 2.75) is 6.92 Å². The molecule has 0 bridgehead atoms. The number of aryl methyl sites for hydroxylation is 1. The van der Waals surface area contributed by atoms with Gasteiger partial charge in [0.05, 0.1) is 10.7 Å². The van der Waals surface area contributed by atoms with Gasteiger partial charge in [0, 0.05) is 10.0 Å². The van der Waals surface area contributed by atoms with E-state index in [1.165, 1.54) is 0 Å². The first kappa shape index (κ1) is 12.8. The van der Waals surface area contributed by atoms with E-state index in [2.05, 4.69) is 41.8 Å². The van der Waals surface area contributed by atoms with Crippen molar-refractivity contribution in [3.05, 3.63) is 48.2 Å². The van der Waals surface area contributed by atoms with E-state index < -0.39 is 0 Å². The fourth-order valence-corrected chi connectivity index (χ4v) is 2.33. The van der Waals surface area contributed by atoms with Crippen molar-refractivity contribution >= 4 is 43.5 Å². The summed E-state index contributed by atoms with van der Waals surface area (Å²) in [6.07, 6.45) is 0. The van der Waals surface area contributed by atoms with Crippen LogP contribution in [0.4, 0.5) is 0 Å². The molecular formula is C11H7Br2ClN2O. The van der Waals surface area contributed by atoms with E-state index in [9.17, 15) is 4.79 Å². The molecule has 17 heavy (non-hydrogen) atoms. The lowest BCUT2D eigenvalue weighted by Crippen LogP contribution is -2.11. The number of hydrogen-bond donors (Lipinski definition) is 1. The van der Waals surface area contributed by atoms with Gasteiger partial charge in [-0.3, -0.25) is 4.79 Å². The molecule has 0 aliphatic carbocycles. The lowest BCUT2D eigenvalue weighted by molar-refractivity contribution is 1.05. The van der Waals surface area contributed by atoms with Gasteiger partial charge < -0.3 is 4.98 Å². The Hall–Kier alpha value is -0.650. The molecule has 88 valence electrons. The summed E-state index contributed by atoms with van der Waals surface area (Å²) in [5.41, 5.74) is 1.11. The van der Waals surface area contributed by atoms with Gasteiger partial charge in [0.1, 0.15) is 10.3 Å². The summed E-state index contributed by atoms with van der Waals surface area (Å²) >= 11 is 12.6. The Morgan fingerprint density at radius 3 is 2.65 bits per heavy atom. The summed E-state index contributed by atoms with van der Waals surface area (Å²) < 4.78 is 1.32. The molecule has 2 aromatic rings. The van der Waals surface area contributed by atoms with Crippen molar-refractivity contribution in [1.29, 1.82) is 0 Å². The summed E-state index contributed by atoms with van der Waals surface area (Å²) in [5, 5.41) is 0.532. The van der Waals surface area contributed by atoms with Gasteiger partial charge in [-0.2, -0.15) is 0 Å². The van der Waals surface area contributed by atoms with Crippen LogP contribution >= 0.6 is 43.5 Å². The monoisotopic (exact) mass is 376 g/mol. The zero-order chi connectivity index (χ0) is 12.6. The SMILES string of the molecule is Cc1nc(-c2ccc(Br)cc2Cl)[nH]c(=O)c1Br. The van der Waals surface area contributed by atoms with Gasteiger partial charge in [-0.25, -0.2) is 4.98 Å². The molecule has 1 heterocycles. The molecule has 0 radical (unpaired) electrons. The minimum Gasteiger partial charge on any atom is -0.305 e. The predicted octanol–water partition coefficient (Wildman–Crippen LogP) is 3.92. The third kappa shape index (κ3) is 2.61. The van der Waals surface area contributed by atoms with Crippen LogP contribution in [0.2, 0.25) is 5.02 Å². The number of halogens is 3. The molecule has 0 saturated heterocycles. The maximum Gasteiger partial charge on any atom is 0.265 e. The molecule has 2 rings (SSSR count). The Morgan fingerprint density at radius 2 is 2.06 bits per heavy atom.